The Morgan fingerprint density at radius 2 is 2.19 bits per heavy atom. The molecular weight excluding hydrogens is 317 g/mol. The van der Waals surface area contributed by atoms with Crippen LogP contribution in [0.3, 0.4) is 0 Å². The van der Waals surface area contributed by atoms with E-state index in [4.69, 9.17) is 9.47 Å². The topological polar surface area (TPSA) is 30.8 Å². The molecule has 4 heteroatoms. The third kappa shape index (κ3) is 2.16. The van der Waals surface area contributed by atoms with Gasteiger partial charge in [0.2, 0.25) is 5.90 Å². The SMILES string of the molecule is COc1cccc(C2=NC(C)(C)CO2)c1I. The van der Waals surface area contributed by atoms with E-state index in [9.17, 15) is 0 Å². The molecular formula is C12H14INO2. The molecule has 0 fully saturated rings. The Balaban J connectivity index is 2.42. The number of rotatable bonds is 2. The molecule has 0 spiro atoms. The number of aliphatic imine (C=N–C) groups is 1. The third-order valence-electron chi connectivity index (χ3n) is 2.38. The van der Waals surface area contributed by atoms with E-state index in [0.717, 1.165) is 14.9 Å². The lowest BCUT2D eigenvalue weighted by atomic mass is 10.1. The van der Waals surface area contributed by atoms with Crippen LogP contribution in [-0.2, 0) is 4.74 Å². The van der Waals surface area contributed by atoms with Crippen molar-refractivity contribution in [3.63, 3.8) is 0 Å². The van der Waals surface area contributed by atoms with Crippen molar-refractivity contribution in [3.05, 3.63) is 27.3 Å². The summed E-state index contributed by atoms with van der Waals surface area (Å²) in [5, 5.41) is 0. The first-order chi connectivity index (χ1) is 7.53. The van der Waals surface area contributed by atoms with Crippen molar-refractivity contribution in [2.45, 2.75) is 19.4 Å². The van der Waals surface area contributed by atoms with Crippen LogP contribution in [0.25, 0.3) is 0 Å². The van der Waals surface area contributed by atoms with Gasteiger partial charge in [0.15, 0.2) is 0 Å². The molecule has 0 saturated heterocycles. The predicted molar refractivity (Wildman–Crippen MR) is 72.3 cm³/mol. The Morgan fingerprint density at radius 3 is 2.75 bits per heavy atom. The molecule has 0 N–H and O–H groups in total. The van der Waals surface area contributed by atoms with E-state index >= 15 is 0 Å². The number of methoxy groups -OCH3 is 1. The van der Waals surface area contributed by atoms with Crippen molar-refractivity contribution in [2.75, 3.05) is 13.7 Å². The lowest BCUT2D eigenvalue weighted by Gasteiger charge is -2.08. The summed E-state index contributed by atoms with van der Waals surface area (Å²) >= 11 is 2.26. The summed E-state index contributed by atoms with van der Waals surface area (Å²) in [5.41, 5.74) is 0.882. The fourth-order valence-electron chi connectivity index (χ4n) is 1.56. The first-order valence-corrected chi connectivity index (χ1v) is 6.17. The zero-order chi connectivity index (χ0) is 11.8. The predicted octanol–water partition coefficient (Wildman–Crippen LogP) is 2.86. The second-order valence-corrected chi connectivity index (χ2v) is 5.42. The van der Waals surface area contributed by atoms with Crippen molar-refractivity contribution < 1.29 is 9.47 Å². The van der Waals surface area contributed by atoms with Gasteiger partial charge < -0.3 is 9.47 Å². The van der Waals surface area contributed by atoms with E-state index in [1.165, 1.54) is 0 Å². The van der Waals surface area contributed by atoms with Gasteiger partial charge in [0.1, 0.15) is 12.4 Å². The minimum atomic E-state index is -0.124. The van der Waals surface area contributed by atoms with Crippen LogP contribution in [0.2, 0.25) is 0 Å². The highest BCUT2D eigenvalue weighted by Gasteiger charge is 2.28. The van der Waals surface area contributed by atoms with Gasteiger partial charge in [-0.25, -0.2) is 4.99 Å². The lowest BCUT2D eigenvalue weighted by Crippen LogP contribution is -2.17. The zero-order valence-corrected chi connectivity index (χ0v) is 11.7. The highest BCUT2D eigenvalue weighted by molar-refractivity contribution is 14.1. The van der Waals surface area contributed by atoms with Crippen LogP contribution >= 0.6 is 22.6 Å². The number of benzene rings is 1. The summed E-state index contributed by atoms with van der Waals surface area (Å²) in [7, 11) is 1.67. The monoisotopic (exact) mass is 331 g/mol. The van der Waals surface area contributed by atoms with Gasteiger partial charge in [-0.3, -0.25) is 0 Å². The quantitative estimate of drug-likeness (QED) is 0.781. The van der Waals surface area contributed by atoms with E-state index in [2.05, 4.69) is 41.4 Å². The molecule has 86 valence electrons. The van der Waals surface area contributed by atoms with E-state index < -0.39 is 0 Å². The van der Waals surface area contributed by atoms with Gasteiger partial charge in [-0.1, -0.05) is 6.07 Å². The Hall–Kier alpha value is -0.780. The average Bonchev–Trinajstić information content (AvgIpc) is 2.59. The Kier molecular flexibility index (Phi) is 3.10. The van der Waals surface area contributed by atoms with Crippen LogP contribution in [-0.4, -0.2) is 25.2 Å². The summed E-state index contributed by atoms with van der Waals surface area (Å²) < 4.78 is 11.9. The molecule has 0 atom stereocenters. The van der Waals surface area contributed by atoms with Gasteiger partial charge in [0.05, 0.1) is 21.8 Å². The fourth-order valence-corrected chi connectivity index (χ4v) is 2.37. The van der Waals surface area contributed by atoms with Gasteiger partial charge >= 0.3 is 0 Å². The van der Waals surface area contributed by atoms with E-state index in [0.29, 0.717) is 12.5 Å². The summed E-state index contributed by atoms with van der Waals surface area (Å²) in [6, 6.07) is 5.89. The summed E-state index contributed by atoms with van der Waals surface area (Å²) in [6.45, 7) is 4.76. The van der Waals surface area contributed by atoms with E-state index in [1.54, 1.807) is 7.11 Å². The Morgan fingerprint density at radius 1 is 1.44 bits per heavy atom. The molecule has 1 aromatic carbocycles. The zero-order valence-electron chi connectivity index (χ0n) is 9.58. The van der Waals surface area contributed by atoms with Crippen LogP contribution in [0.15, 0.2) is 23.2 Å². The summed E-state index contributed by atoms with van der Waals surface area (Å²) in [6.07, 6.45) is 0. The average molecular weight is 331 g/mol. The lowest BCUT2D eigenvalue weighted by molar-refractivity contribution is 0.279. The highest BCUT2D eigenvalue weighted by Crippen LogP contribution is 2.28. The number of hydrogen-bond acceptors (Lipinski definition) is 3. The number of ether oxygens (including phenoxy) is 2. The van der Waals surface area contributed by atoms with Gasteiger partial charge in [-0.05, 0) is 48.6 Å². The van der Waals surface area contributed by atoms with Crippen molar-refractivity contribution in [2.24, 2.45) is 4.99 Å². The summed E-state index contributed by atoms with van der Waals surface area (Å²) in [5.74, 6) is 1.57. The van der Waals surface area contributed by atoms with Crippen LogP contribution < -0.4 is 4.74 Å². The second-order valence-electron chi connectivity index (χ2n) is 4.34. The molecule has 1 aliphatic heterocycles. The maximum atomic E-state index is 5.62. The highest BCUT2D eigenvalue weighted by atomic mass is 127. The minimum Gasteiger partial charge on any atom is -0.496 e. The molecule has 0 radical (unpaired) electrons. The molecule has 16 heavy (non-hydrogen) atoms. The molecule has 0 unspecified atom stereocenters. The first-order valence-electron chi connectivity index (χ1n) is 5.09. The Labute approximate surface area is 109 Å². The molecule has 1 aromatic rings. The summed E-state index contributed by atoms with van der Waals surface area (Å²) in [4.78, 5) is 4.56. The third-order valence-corrected chi connectivity index (χ3v) is 3.49. The van der Waals surface area contributed by atoms with Crippen molar-refractivity contribution in [1.29, 1.82) is 0 Å². The smallest absolute Gasteiger partial charge is 0.218 e. The molecule has 1 heterocycles. The molecule has 0 saturated carbocycles. The van der Waals surface area contributed by atoms with Crippen LogP contribution in [0, 0.1) is 3.57 Å². The largest absolute Gasteiger partial charge is 0.496 e. The molecule has 0 aromatic heterocycles. The maximum Gasteiger partial charge on any atom is 0.218 e. The molecule has 3 nitrogen and oxygen atoms in total. The van der Waals surface area contributed by atoms with Gasteiger partial charge in [-0.15, -0.1) is 0 Å². The molecule has 0 bridgehead atoms. The van der Waals surface area contributed by atoms with E-state index in [1.807, 2.05) is 18.2 Å². The molecule has 2 rings (SSSR count). The van der Waals surface area contributed by atoms with Crippen LogP contribution in [0.4, 0.5) is 0 Å². The first kappa shape index (κ1) is 11.7. The maximum absolute atomic E-state index is 5.62. The van der Waals surface area contributed by atoms with Gasteiger partial charge in [-0.2, -0.15) is 0 Å². The van der Waals surface area contributed by atoms with Crippen molar-refractivity contribution in [3.8, 4) is 5.75 Å². The van der Waals surface area contributed by atoms with E-state index in [-0.39, 0.29) is 5.54 Å². The van der Waals surface area contributed by atoms with Gasteiger partial charge in [0.25, 0.3) is 0 Å². The van der Waals surface area contributed by atoms with Crippen molar-refractivity contribution in [1.82, 2.24) is 0 Å². The molecule has 0 aliphatic carbocycles. The molecule has 1 aliphatic rings. The normalized spacial score (nSPS) is 17.9. The fraction of sp³-hybridized carbons (Fsp3) is 0.417. The van der Waals surface area contributed by atoms with Gasteiger partial charge in [0, 0.05) is 0 Å². The van der Waals surface area contributed by atoms with Crippen molar-refractivity contribution >= 4 is 28.5 Å². The van der Waals surface area contributed by atoms with Crippen LogP contribution in [0.5, 0.6) is 5.75 Å². The second kappa shape index (κ2) is 4.24. The standard InChI is InChI=1S/C12H14INO2/c1-12(2)7-16-11(14-12)8-5-4-6-9(15-3)10(8)13/h4-6H,7H2,1-3H3. The van der Waals surface area contributed by atoms with Crippen LogP contribution in [0.1, 0.15) is 19.4 Å². The minimum absolute atomic E-state index is 0.124. The number of nitrogens with zero attached hydrogens (tertiary/aromatic N) is 1. The number of halogens is 1. The Bertz CT molecular complexity index is 441. The molecule has 0 amide bonds. The number of hydrogen-bond donors (Lipinski definition) is 0.